The summed E-state index contributed by atoms with van der Waals surface area (Å²) in [6, 6.07) is 52.8. The summed E-state index contributed by atoms with van der Waals surface area (Å²) in [6.45, 7) is 0.575. The van der Waals surface area contributed by atoms with E-state index in [2.05, 4.69) is 108 Å². The minimum Gasteiger partial charge on any atom is -0.457 e. The lowest BCUT2D eigenvalue weighted by atomic mass is 9.66. The molecule has 0 unspecified atom stereocenters. The quantitative estimate of drug-likeness (QED) is 0.207. The molecular formula is C45H30N4O. The molecule has 7 aromatic rings. The molecule has 1 aliphatic carbocycles. The zero-order valence-corrected chi connectivity index (χ0v) is 27.0. The Morgan fingerprint density at radius 1 is 0.460 bits per heavy atom. The van der Waals surface area contributed by atoms with Crippen LogP contribution >= 0.6 is 0 Å². The highest BCUT2D eigenvalue weighted by Gasteiger charge is 2.51. The number of nitrogens with zero attached hydrogens (tertiary/aromatic N) is 3. The average molecular weight is 643 g/mol. The number of para-hydroxylation sites is 1. The minimum atomic E-state index is -0.504. The van der Waals surface area contributed by atoms with Crippen LogP contribution in [0.25, 0.3) is 45.2 Å². The van der Waals surface area contributed by atoms with Crippen molar-refractivity contribution in [2.75, 3.05) is 6.54 Å². The summed E-state index contributed by atoms with van der Waals surface area (Å²) < 4.78 is 6.63. The molecule has 0 atom stereocenters. The Balaban J connectivity index is 1.10. The number of allylic oxidation sites excluding steroid dienone is 2. The zero-order chi connectivity index (χ0) is 33.1. The number of hydrogen-bond acceptors (Lipinski definition) is 5. The summed E-state index contributed by atoms with van der Waals surface area (Å²) in [7, 11) is 0. The first-order valence-electron chi connectivity index (χ1n) is 16.9. The van der Waals surface area contributed by atoms with E-state index in [9.17, 15) is 0 Å². The predicted octanol–water partition coefficient (Wildman–Crippen LogP) is 9.70. The van der Waals surface area contributed by atoms with Gasteiger partial charge in [-0.05, 0) is 58.2 Å². The van der Waals surface area contributed by atoms with Crippen molar-refractivity contribution in [3.05, 3.63) is 197 Å². The molecule has 2 aliphatic heterocycles. The molecule has 10 rings (SSSR count). The van der Waals surface area contributed by atoms with Crippen molar-refractivity contribution in [1.29, 1.82) is 0 Å². The maximum absolute atomic E-state index is 6.63. The van der Waals surface area contributed by atoms with Crippen molar-refractivity contribution < 1.29 is 4.74 Å². The largest absolute Gasteiger partial charge is 0.457 e. The van der Waals surface area contributed by atoms with Crippen molar-refractivity contribution in [3.63, 3.8) is 0 Å². The summed E-state index contributed by atoms with van der Waals surface area (Å²) in [5.41, 5.74) is 11.9. The fourth-order valence-electron chi connectivity index (χ4n) is 7.82. The number of dihydropyridines is 1. The molecule has 0 saturated heterocycles. The van der Waals surface area contributed by atoms with Gasteiger partial charge in [-0.25, -0.2) is 15.0 Å². The first-order valence-corrected chi connectivity index (χ1v) is 16.9. The summed E-state index contributed by atoms with van der Waals surface area (Å²) in [6.07, 6.45) is 4.27. The van der Waals surface area contributed by atoms with Crippen LogP contribution in [0.4, 0.5) is 0 Å². The molecule has 5 heteroatoms. The highest BCUT2D eigenvalue weighted by atomic mass is 16.5. The van der Waals surface area contributed by atoms with Gasteiger partial charge >= 0.3 is 0 Å². The van der Waals surface area contributed by atoms with Gasteiger partial charge in [0.25, 0.3) is 0 Å². The molecule has 1 N–H and O–H groups in total. The maximum atomic E-state index is 6.63. The fraction of sp³-hybridized carbons (Fsp3) is 0.0444. The monoisotopic (exact) mass is 642 g/mol. The summed E-state index contributed by atoms with van der Waals surface area (Å²) in [5.74, 6) is 3.74. The molecule has 5 nitrogen and oxygen atoms in total. The van der Waals surface area contributed by atoms with E-state index in [-0.39, 0.29) is 0 Å². The number of aromatic nitrogens is 3. The molecule has 1 spiro atoms. The second kappa shape index (κ2) is 11.2. The van der Waals surface area contributed by atoms with Crippen LogP contribution in [-0.2, 0) is 5.41 Å². The second-order valence-electron chi connectivity index (χ2n) is 12.8. The standard InChI is InChI=1S/C45H30N4O/c1-3-13-29(14-4-1)42-47-43(30-15-5-2-6-16-30)49-44(48-42)32-23-25-39(46-28-32)31-24-26-41-38(27-31)45(37-21-11-12-22-40(37)50-41)35-19-9-7-17-33(35)34-18-8-10-20-36(34)45/h1-27,46H,28H2. The molecule has 0 radical (unpaired) electrons. The van der Waals surface area contributed by atoms with Gasteiger partial charge in [0, 0.05) is 40.1 Å². The van der Waals surface area contributed by atoms with E-state index in [1.165, 1.54) is 22.3 Å². The normalized spacial score (nSPS) is 14.6. The third kappa shape index (κ3) is 4.30. The van der Waals surface area contributed by atoms with Gasteiger partial charge in [-0.1, -0.05) is 133 Å². The number of benzene rings is 6. The van der Waals surface area contributed by atoms with Gasteiger partial charge in [0.05, 0.1) is 5.41 Å². The van der Waals surface area contributed by atoms with Gasteiger partial charge in [-0.15, -0.1) is 0 Å². The van der Waals surface area contributed by atoms with E-state index < -0.39 is 5.41 Å². The average Bonchev–Trinajstić information content (AvgIpc) is 3.49. The number of hydrogen-bond donors (Lipinski definition) is 1. The van der Waals surface area contributed by atoms with Crippen molar-refractivity contribution >= 4 is 11.3 Å². The Morgan fingerprint density at radius 2 is 1.00 bits per heavy atom. The number of rotatable bonds is 4. The fourth-order valence-corrected chi connectivity index (χ4v) is 7.82. The van der Waals surface area contributed by atoms with Crippen molar-refractivity contribution in [2.45, 2.75) is 5.41 Å². The van der Waals surface area contributed by atoms with Crippen LogP contribution in [0.5, 0.6) is 11.5 Å². The van der Waals surface area contributed by atoms with Crippen LogP contribution in [0, 0.1) is 0 Å². The maximum Gasteiger partial charge on any atom is 0.164 e. The van der Waals surface area contributed by atoms with Gasteiger partial charge in [-0.3, -0.25) is 0 Å². The van der Waals surface area contributed by atoms with Gasteiger partial charge in [-0.2, -0.15) is 0 Å². The molecule has 3 heterocycles. The summed E-state index contributed by atoms with van der Waals surface area (Å²) in [5, 5.41) is 3.70. The third-order valence-corrected chi connectivity index (χ3v) is 10.1. The van der Waals surface area contributed by atoms with E-state index >= 15 is 0 Å². The Morgan fingerprint density at radius 3 is 1.62 bits per heavy atom. The minimum absolute atomic E-state index is 0.504. The predicted molar refractivity (Wildman–Crippen MR) is 198 cm³/mol. The molecule has 0 bridgehead atoms. The Bertz CT molecular complexity index is 2420. The Kier molecular flexibility index (Phi) is 6.39. The lowest BCUT2D eigenvalue weighted by Gasteiger charge is -2.39. The lowest BCUT2D eigenvalue weighted by Crippen LogP contribution is -2.32. The van der Waals surface area contributed by atoms with E-state index in [4.69, 9.17) is 19.7 Å². The van der Waals surface area contributed by atoms with E-state index in [1.807, 2.05) is 60.7 Å². The van der Waals surface area contributed by atoms with Gasteiger partial charge in [0.1, 0.15) is 11.5 Å². The number of nitrogens with one attached hydrogen (secondary N) is 1. The number of fused-ring (bicyclic) bond motifs is 9. The molecule has 0 amide bonds. The SMILES string of the molecule is C1=C(c2ccc3c(c2)C2(c4ccccc4O3)c3ccccc3-c3ccccc32)NCC(c2nc(-c3ccccc3)nc(-c3ccccc3)n2)=C1. The Hall–Kier alpha value is -6.59. The van der Waals surface area contributed by atoms with E-state index in [1.54, 1.807) is 0 Å². The number of ether oxygens (including phenoxy) is 1. The topological polar surface area (TPSA) is 59.9 Å². The molecule has 3 aliphatic rings. The van der Waals surface area contributed by atoms with Crippen LogP contribution < -0.4 is 10.1 Å². The third-order valence-electron chi connectivity index (χ3n) is 10.1. The van der Waals surface area contributed by atoms with Crippen LogP contribution in [0.1, 0.15) is 33.6 Å². The van der Waals surface area contributed by atoms with Crippen molar-refractivity contribution in [1.82, 2.24) is 20.3 Å². The van der Waals surface area contributed by atoms with Crippen LogP contribution in [0.3, 0.4) is 0 Å². The smallest absolute Gasteiger partial charge is 0.164 e. The molecule has 0 saturated carbocycles. The second-order valence-corrected chi connectivity index (χ2v) is 12.8. The van der Waals surface area contributed by atoms with Crippen LogP contribution in [0.15, 0.2) is 164 Å². The Labute approximate surface area is 290 Å². The highest BCUT2D eigenvalue weighted by Crippen LogP contribution is 2.62. The zero-order valence-electron chi connectivity index (χ0n) is 27.0. The molecule has 236 valence electrons. The molecule has 1 aromatic heterocycles. The van der Waals surface area contributed by atoms with Gasteiger partial charge < -0.3 is 10.1 Å². The van der Waals surface area contributed by atoms with Gasteiger partial charge in [0.2, 0.25) is 0 Å². The summed E-state index contributed by atoms with van der Waals surface area (Å²) >= 11 is 0. The van der Waals surface area contributed by atoms with Crippen molar-refractivity contribution in [3.8, 4) is 45.4 Å². The first kappa shape index (κ1) is 28.4. The van der Waals surface area contributed by atoms with Crippen molar-refractivity contribution in [2.24, 2.45) is 0 Å². The molecule has 50 heavy (non-hydrogen) atoms. The van der Waals surface area contributed by atoms with Gasteiger partial charge in [0.15, 0.2) is 17.5 Å². The highest BCUT2D eigenvalue weighted by molar-refractivity contribution is 5.89. The molecular weight excluding hydrogens is 613 g/mol. The molecule has 0 fully saturated rings. The summed E-state index contributed by atoms with van der Waals surface area (Å²) in [4.78, 5) is 14.7. The van der Waals surface area contributed by atoms with E-state index in [0.29, 0.717) is 24.0 Å². The molecule has 6 aromatic carbocycles. The first-order chi connectivity index (χ1) is 24.8. The van der Waals surface area contributed by atoms with E-state index in [0.717, 1.165) is 50.6 Å². The van der Waals surface area contributed by atoms with Crippen LogP contribution in [-0.4, -0.2) is 21.5 Å². The lowest BCUT2D eigenvalue weighted by molar-refractivity contribution is 0.436. The van der Waals surface area contributed by atoms with Crippen LogP contribution in [0.2, 0.25) is 0 Å².